The molecule has 0 amide bonds. The summed E-state index contributed by atoms with van der Waals surface area (Å²) in [4.78, 5) is 0. The van der Waals surface area contributed by atoms with Crippen LogP contribution in [0.1, 0.15) is 31.9 Å². The number of benzene rings is 1. The second kappa shape index (κ2) is 3.73. The maximum absolute atomic E-state index is 3.62. The first kappa shape index (κ1) is 10.3. The van der Waals surface area contributed by atoms with Gasteiger partial charge < -0.3 is 5.32 Å². The van der Waals surface area contributed by atoms with E-state index in [9.17, 15) is 0 Å². The molecule has 1 aromatic carbocycles. The highest BCUT2D eigenvalue weighted by molar-refractivity contribution is 5.78. The van der Waals surface area contributed by atoms with Gasteiger partial charge in [-0.25, -0.2) is 0 Å². The van der Waals surface area contributed by atoms with E-state index in [-0.39, 0.29) is 0 Å². The summed E-state index contributed by atoms with van der Waals surface area (Å²) >= 11 is 0. The molecule has 80 valence electrons. The Labute approximate surface area is 92.2 Å². The number of para-hydroxylation sites is 1. The molecule has 0 fully saturated rings. The third-order valence-electron chi connectivity index (χ3n) is 3.37. The topological polar surface area (TPSA) is 12.0 Å². The highest BCUT2D eigenvalue weighted by Crippen LogP contribution is 2.32. The Balaban J connectivity index is 2.57. The first-order valence-corrected chi connectivity index (χ1v) is 5.64. The molecule has 1 nitrogen and oxygen atoms in total. The lowest BCUT2D eigenvalue weighted by atomic mass is 9.99. The molecular weight excluding hydrogens is 182 g/mol. The maximum Gasteiger partial charge on any atom is 0.0448 e. The van der Waals surface area contributed by atoms with Crippen LogP contribution in [0.2, 0.25) is 0 Å². The van der Waals surface area contributed by atoms with Gasteiger partial charge >= 0.3 is 0 Å². The van der Waals surface area contributed by atoms with Gasteiger partial charge in [0.1, 0.15) is 0 Å². The van der Waals surface area contributed by atoms with Crippen LogP contribution in [0.25, 0.3) is 5.57 Å². The minimum absolute atomic E-state index is 0.502. The molecule has 0 saturated heterocycles. The number of allylic oxidation sites excluding steroid dienone is 1. The Kier molecular flexibility index (Phi) is 2.56. The number of rotatable bonds is 0. The summed E-state index contributed by atoms with van der Waals surface area (Å²) in [6.45, 7) is 8.88. The lowest BCUT2D eigenvalue weighted by Crippen LogP contribution is -2.21. The molecule has 1 N–H and O–H groups in total. The van der Waals surface area contributed by atoms with E-state index in [0.717, 1.165) is 0 Å². The van der Waals surface area contributed by atoms with Gasteiger partial charge in [-0.15, -0.1) is 0 Å². The van der Waals surface area contributed by atoms with E-state index in [1.54, 1.807) is 0 Å². The zero-order chi connectivity index (χ0) is 11.0. The lowest BCUT2D eigenvalue weighted by molar-refractivity contribution is 0.622. The summed E-state index contributed by atoms with van der Waals surface area (Å²) < 4.78 is 0. The van der Waals surface area contributed by atoms with E-state index >= 15 is 0 Å². The zero-order valence-corrected chi connectivity index (χ0v) is 9.96. The van der Waals surface area contributed by atoms with Crippen molar-refractivity contribution in [3.05, 3.63) is 35.4 Å². The molecule has 1 heterocycles. The molecule has 0 unspecified atom stereocenters. The van der Waals surface area contributed by atoms with Crippen molar-refractivity contribution in [2.45, 2.75) is 33.7 Å². The molecule has 0 aliphatic carbocycles. The number of aryl methyl sites for hydroxylation is 1. The Morgan fingerprint density at radius 1 is 1.13 bits per heavy atom. The normalized spacial score (nSPS) is 24.9. The zero-order valence-electron chi connectivity index (χ0n) is 9.96. The van der Waals surface area contributed by atoms with Crippen LogP contribution in [0.5, 0.6) is 0 Å². The van der Waals surface area contributed by atoms with Crippen molar-refractivity contribution >= 4 is 11.3 Å². The molecule has 0 saturated carbocycles. The lowest BCUT2D eigenvalue weighted by Gasteiger charge is -2.19. The number of fused-ring (bicyclic) bond motifs is 1. The van der Waals surface area contributed by atoms with Crippen LogP contribution < -0.4 is 5.32 Å². The average molecular weight is 201 g/mol. The van der Waals surface area contributed by atoms with Gasteiger partial charge in [-0.2, -0.15) is 0 Å². The molecule has 1 aliphatic rings. The molecule has 1 heteroatoms. The second-order valence-corrected chi connectivity index (χ2v) is 4.64. The third-order valence-corrected chi connectivity index (χ3v) is 3.37. The molecule has 2 atom stereocenters. The Hall–Kier alpha value is -1.24. The van der Waals surface area contributed by atoms with Gasteiger partial charge in [0, 0.05) is 17.3 Å². The van der Waals surface area contributed by atoms with Crippen LogP contribution in [0.15, 0.2) is 24.3 Å². The minimum Gasteiger partial charge on any atom is -0.381 e. The molecule has 15 heavy (non-hydrogen) atoms. The molecule has 2 rings (SSSR count). The molecular formula is C14H19N. The predicted molar refractivity (Wildman–Crippen MR) is 67.1 cm³/mol. The SMILES string of the molecule is CC1=C[C@H](C)[C@@H](C)Nc2c(C)cccc21. The largest absolute Gasteiger partial charge is 0.381 e. The van der Waals surface area contributed by atoms with Crippen molar-refractivity contribution in [1.29, 1.82) is 0 Å². The highest BCUT2D eigenvalue weighted by atomic mass is 14.9. The van der Waals surface area contributed by atoms with E-state index in [2.05, 4.69) is 57.3 Å². The fourth-order valence-corrected chi connectivity index (χ4v) is 2.18. The smallest absolute Gasteiger partial charge is 0.0448 e. The standard InChI is InChI=1S/C14H19N/c1-9-6-5-7-13-11(3)8-10(2)12(4)15-14(9)13/h5-8,10,12,15H,1-4H3/t10-,12+/m0/s1. The summed E-state index contributed by atoms with van der Waals surface area (Å²) in [6.07, 6.45) is 2.36. The molecule has 0 bridgehead atoms. The average Bonchev–Trinajstić information content (AvgIpc) is 2.29. The van der Waals surface area contributed by atoms with Gasteiger partial charge in [0.05, 0.1) is 0 Å². The first-order chi connectivity index (χ1) is 7.09. The van der Waals surface area contributed by atoms with Crippen LogP contribution in [0.3, 0.4) is 0 Å². The van der Waals surface area contributed by atoms with Gasteiger partial charge in [0.2, 0.25) is 0 Å². The molecule has 0 aromatic heterocycles. The van der Waals surface area contributed by atoms with Crippen LogP contribution in [0, 0.1) is 12.8 Å². The third kappa shape index (κ3) is 1.79. The van der Waals surface area contributed by atoms with Crippen LogP contribution in [-0.2, 0) is 0 Å². The van der Waals surface area contributed by atoms with Crippen molar-refractivity contribution in [2.24, 2.45) is 5.92 Å². The number of hydrogen-bond acceptors (Lipinski definition) is 1. The van der Waals surface area contributed by atoms with Gasteiger partial charge in [-0.3, -0.25) is 0 Å². The van der Waals surface area contributed by atoms with E-state index in [1.165, 1.54) is 22.4 Å². The van der Waals surface area contributed by atoms with E-state index in [0.29, 0.717) is 12.0 Å². The summed E-state index contributed by atoms with van der Waals surface area (Å²) in [7, 11) is 0. The Bertz CT molecular complexity index is 404. The van der Waals surface area contributed by atoms with Crippen molar-refractivity contribution in [2.75, 3.05) is 5.32 Å². The number of anilines is 1. The van der Waals surface area contributed by atoms with Gasteiger partial charge in [-0.1, -0.05) is 31.2 Å². The quantitative estimate of drug-likeness (QED) is 0.672. The highest BCUT2D eigenvalue weighted by Gasteiger charge is 2.18. The Morgan fingerprint density at radius 2 is 1.87 bits per heavy atom. The predicted octanol–water partition coefficient (Wildman–Crippen LogP) is 3.85. The van der Waals surface area contributed by atoms with Crippen molar-refractivity contribution in [3.8, 4) is 0 Å². The Morgan fingerprint density at radius 3 is 2.60 bits per heavy atom. The summed E-state index contributed by atoms with van der Waals surface area (Å²) in [5.41, 5.74) is 5.38. The van der Waals surface area contributed by atoms with Crippen LogP contribution >= 0.6 is 0 Å². The molecule has 0 radical (unpaired) electrons. The second-order valence-electron chi connectivity index (χ2n) is 4.64. The van der Waals surface area contributed by atoms with Crippen molar-refractivity contribution in [1.82, 2.24) is 0 Å². The minimum atomic E-state index is 0.502. The van der Waals surface area contributed by atoms with Crippen LogP contribution in [-0.4, -0.2) is 6.04 Å². The monoisotopic (exact) mass is 201 g/mol. The summed E-state index contributed by atoms with van der Waals surface area (Å²) in [6, 6.07) is 7.00. The van der Waals surface area contributed by atoms with E-state index in [1.807, 2.05) is 0 Å². The fourth-order valence-electron chi connectivity index (χ4n) is 2.18. The van der Waals surface area contributed by atoms with Crippen LogP contribution in [0.4, 0.5) is 5.69 Å². The molecule has 1 aromatic rings. The maximum atomic E-state index is 3.62. The summed E-state index contributed by atoms with van der Waals surface area (Å²) in [5.74, 6) is 0.580. The van der Waals surface area contributed by atoms with Gasteiger partial charge in [0.15, 0.2) is 0 Å². The summed E-state index contributed by atoms with van der Waals surface area (Å²) in [5, 5.41) is 3.62. The van der Waals surface area contributed by atoms with Gasteiger partial charge in [-0.05, 0) is 37.8 Å². The van der Waals surface area contributed by atoms with Crippen molar-refractivity contribution in [3.63, 3.8) is 0 Å². The van der Waals surface area contributed by atoms with E-state index in [4.69, 9.17) is 0 Å². The van der Waals surface area contributed by atoms with Crippen molar-refractivity contribution < 1.29 is 0 Å². The van der Waals surface area contributed by atoms with E-state index < -0.39 is 0 Å². The molecule has 0 spiro atoms. The number of hydrogen-bond donors (Lipinski definition) is 1. The number of nitrogens with one attached hydrogen (secondary N) is 1. The fraction of sp³-hybridized carbons (Fsp3) is 0.429. The molecule has 1 aliphatic heterocycles. The first-order valence-electron chi connectivity index (χ1n) is 5.64. The van der Waals surface area contributed by atoms with Gasteiger partial charge in [0.25, 0.3) is 0 Å².